The zero-order valence-corrected chi connectivity index (χ0v) is 15.8. The Morgan fingerprint density at radius 1 is 1.41 bits per heavy atom. The lowest BCUT2D eigenvalue weighted by atomic mass is 9.87. The number of hydrogen-bond donors (Lipinski definition) is 2. The van der Waals surface area contributed by atoms with E-state index in [1.165, 1.54) is 0 Å². The molecule has 1 rings (SSSR count). The zero-order chi connectivity index (χ0) is 16.6. The third kappa shape index (κ3) is 7.51. The highest BCUT2D eigenvalue weighted by atomic mass is 79.9. The summed E-state index contributed by atoms with van der Waals surface area (Å²) < 4.78 is 6.65. The van der Waals surface area contributed by atoms with Gasteiger partial charge in [0.05, 0.1) is 12.6 Å². The summed E-state index contributed by atoms with van der Waals surface area (Å²) >= 11 is 5.15. The first kappa shape index (κ1) is 19.3. The smallest absolute Gasteiger partial charge is 0.237 e. The van der Waals surface area contributed by atoms with Crippen LogP contribution in [0.4, 0.5) is 0 Å². The summed E-state index contributed by atoms with van der Waals surface area (Å²) in [6, 6.07) is 7.31. The van der Waals surface area contributed by atoms with Crippen molar-refractivity contribution >= 4 is 33.6 Å². The number of nitrogens with two attached hydrogens (primary N) is 1. The van der Waals surface area contributed by atoms with Crippen LogP contribution in [-0.2, 0) is 4.79 Å². The highest BCUT2D eigenvalue weighted by Crippen LogP contribution is 2.18. The van der Waals surface area contributed by atoms with Crippen molar-refractivity contribution in [1.29, 1.82) is 0 Å². The van der Waals surface area contributed by atoms with Crippen molar-refractivity contribution in [1.82, 2.24) is 5.32 Å². The summed E-state index contributed by atoms with van der Waals surface area (Å²) in [5.74, 6) is 2.51. The van der Waals surface area contributed by atoms with Gasteiger partial charge in [0, 0.05) is 22.5 Å². The third-order valence-corrected chi connectivity index (χ3v) is 4.49. The standard InChI is InChI=1S/C16H25BrN2O2S/c1-16(2,3)14(18)15(20)19-7-9-22-10-8-21-13-6-4-5-12(17)11-13/h4-6,11,14H,7-10,18H2,1-3H3,(H,19,20)/t14-/m1/s1. The Labute approximate surface area is 145 Å². The summed E-state index contributed by atoms with van der Waals surface area (Å²) in [5, 5.41) is 2.87. The molecule has 1 aromatic rings. The number of carbonyl (C=O) groups excluding carboxylic acids is 1. The van der Waals surface area contributed by atoms with E-state index in [-0.39, 0.29) is 11.3 Å². The van der Waals surface area contributed by atoms with Crippen LogP contribution in [0, 0.1) is 5.41 Å². The van der Waals surface area contributed by atoms with E-state index in [1.807, 2.05) is 45.0 Å². The fraction of sp³-hybridized carbons (Fsp3) is 0.562. The predicted octanol–water partition coefficient (Wildman–Crippen LogP) is 3.05. The van der Waals surface area contributed by atoms with Crippen molar-refractivity contribution in [2.75, 3.05) is 24.7 Å². The number of amides is 1. The van der Waals surface area contributed by atoms with E-state index < -0.39 is 6.04 Å². The number of rotatable bonds is 8. The fourth-order valence-corrected chi connectivity index (χ4v) is 2.66. The molecule has 0 fully saturated rings. The van der Waals surface area contributed by atoms with Crippen LogP contribution in [-0.4, -0.2) is 36.6 Å². The second-order valence-corrected chi connectivity index (χ2v) is 8.19. The molecular weight excluding hydrogens is 364 g/mol. The number of ether oxygens (including phenoxy) is 1. The lowest BCUT2D eigenvalue weighted by molar-refractivity contribution is -0.124. The maximum absolute atomic E-state index is 11.8. The van der Waals surface area contributed by atoms with Crippen molar-refractivity contribution < 1.29 is 9.53 Å². The number of halogens is 1. The summed E-state index contributed by atoms with van der Waals surface area (Å²) in [5.41, 5.74) is 5.68. The van der Waals surface area contributed by atoms with Crippen LogP contribution in [0.15, 0.2) is 28.7 Å². The van der Waals surface area contributed by atoms with Crippen LogP contribution in [0.25, 0.3) is 0 Å². The first-order chi connectivity index (χ1) is 10.3. The van der Waals surface area contributed by atoms with Crippen molar-refractivity contribution in [3.8, 4) is 5.75 Å². The van der Waals surface area contributed by atoms with Crippen molar-refractivity contribution in [2.24, 2.45) is 11.1 Å². The molecule has 0 aliphatic carbocycles. The first-order valence-corrected chi connectivity index (χ1v) is 9.25. The number of hydrogen-bond acceptors (Lipinski definition) is 4. The van der Waals surface area contributed by atoms with E-state index in [0.717, 1.165) is 21.7 Å². The van der Waals surface area contributed by atoms with Gasteiger partial charge in [0.15, 0.2) is 0 Å². The van der Waals surface area contributed by atoms with E-state index in [1.54, 1.807) is 11.8 Å². The molecule has 0 saturated carbocycles. The zero-order valence-electron chi connectivity index (χ0n) is 13.4. The van der Waals surface area contributed by atoms with Gasteiger partial charge in [0.1, 0.15) is 5.75 Å². The van der Waals surface area contributed by atoms with E-state index in [4.69, 9.17) is 10.5 Å². The van der Waals surface area contributed by atoms with Gasteiger partial charge in [0.25, 0.3) is 0 Å². The van der Waals surface area contributed by atoms with E-state index in [2.05, 4.69) is 21.2 Å². The molecule has 1 amide bonds. The van der Waals surface area contributed by atoms with Gasteiger partial charge in [-0.25, -0.2) is 0 Å². The van der Waals surface area contributed by atoms with E-state index >= 15 is 0 Å². The summed E-state index contributed by atoms with van der Waals surface area (Å²) in [7, 11) is 0. The Morgan fingerprint density at radius 3 is 2.77 bits per heavy atom. The number of thioether (sulfide) groups is 1. The van der Waals surface area contributed by atoms with Gasteiger partial charge in [-0.2, -0.15) is 11.8 Å². The van der Waals surface area contributed by atoms with Crippen LogP contribution in [0.2, 0.25) is 0 Å². The predicted molar refractivity (Wildman–Crippen MR) is 97.4 cm³/mol. The third-order valence-electron chi connectivity index (χ3n) is 3.05. The average Bonchev–Trinajstić information content (AvgIpc) is 2.44. The normalized spacial score (nSPS) is 12.8. The fourth-order valence-electron chi connectivity index (χ4n) is 1.63. The highest BCUT2D eigenvalue weighted by Gasteiger charge is 2.26. The van der Waals surface area contributed by atoms with Crippen LogP contribution < -0.4 is 15.8 Å². The molecule has 6 heteroatoms. The number of nitrogens with one attached hydrogen (secondary N) is 1. The molecular formula is C16H25BrN2O2S. The van der Waals surface area contributed by atoms with E-state index in [0.29, 0.717) is 13.2 Å². The first-order valence-electron chi connectivity index (χ1n) is 7.30. The Kier molecular flexibility index (Phi) is 8.28. The molecule has 1 atom stereocenters. The molecule has 4 nitrogen and oxygen atoms in total. The second-order valence-electron chi connectivity index (χ2n) is 6.05. The average molecular weight is 389 g/mol. The molecule has 0 saturated heterocycles. The van der Waals surface area contributed by atoms with E-state index in [9.17, 15) is 4.79 Å². The van der Waals surface area contributed by atoms with Gasteiger partial charge in [0.2, 0.25) is 5.91 Å². The second kappa shape index (κ2) is 9.43. The molecule has 124 valence electrons. The van der Waals surface area contributed by atoms with Crippen LogP contribution in [0.3, 0.4) is 0 Å². The number of benzene rings is 1. The van der Waals surface area contributed by atoms with Gasteiger partial charge < -0.3 is 15.8 Å². The minimum absolute atomic E-state index is 0.0847. The SMILES string of the molecule is CC(C)(C)[C@H](N)C(=O)NCCSCCOc1cccc(Br)c1. The van der Waals surface area contributed by atoms with Gasteiger partial charge in [-0.05, 0) is 23.6 Å². The van der Waals surface area contributed by atoms with Gasteiger partial charge in [-0.15, -0.1) is 0 Å². The minimum atomic E-state index is -0.475. The Morgan fingerprint density at radius 2 is 2.14 bits per heavy atom. The molecule has 0 radical (unpaired) electrons. The topological polar surface area (TPSA) is 64.4 Å². The Bertz CT molecular complexity index is 477. The maximum Gasteiger partial charge on any atom is 0.237 e. The Balaban J connectivity index is 2.08. The molecule has 0 bridgehead atoms. The van der Waals surface area contributed by atoms with Crippen LogP contribution >= 0.6 is 27.7 Å². The molecule has 3 N–H and O–H groups in total. The summed E-state index contributed by atoms with van der Waals surface area (Å²) in [4.78, 5) is 11.8. The minimum Gasteiger partial charge on any atom is -0.493 e. The molecule has 0 aromatic heterocycles. The Hall–Kier alpha value is -0.720. The molecule has 0 spiro atoms. The van der Waals surface area contributed by atoms with Crippen LogP contribution in [0.5, 0.6) is 5.75 Å². The lowest BCUT2D eigenvalue weighted by Crippen LogP contribution is -2.49. The van der Waals surface area contributed by atoms with Gasteiger partial charge >= 0.3 is 0 Å². The van der Waals surface area contributed by atoms with Gasteiger partial charge in [-0.1, -0.05) is 42.8 Å². The lowest BCUT2D eigenvalue weighted by Gasteiger charge is -2.25. The van der Waals surface area contributed by atoms with Gasteiger partial charge in [-0.3, -0.25) is 4.79 Å². The summed E-state index contributed by atoms with van der Waals surface area (Å²) in [6.07, 6.45) is 0. The maximum atomic E-state index is 11.8. The van der Waals surface area contributed by atoms with Crippen molar-refractivity contribution in [3.63, 3.8) is 0 Å². The van der Waals surface area contributed by atoms with Crippen LogP contribution in [0.1, 0.15) is 20.8 Å². The molecule has 0 unspecified atom stereocenters. The quantitative estimate of drug-likeness (QED) is 0.671. The number of carbonyl (C=O) groups is 1. The highest BCUT2D eigenvalue weighted by molar-refractivity contribution is 9.10. The van der Waals surface area contributed by atoms with Crippen molar-refractivity contribution in [3.05, 3.63) is 28.7 Å². The largest absolute Gasteiger partial charge is 0.493 e. The molecule has 0 aliphatic heterocycles. The molecule has 0 aliphatic rings. The molecule has 1 aromatic carbocycles. The summed E-state index contributed by atoms with van der Waals surface area (Å²) in [6.45, 7) is 7.17. The monoisotopic (exact) mass is 388 g/mol. The van der Waals surface area contributed by atoms with Crippen molar-refractivity contribution in [2.45, 2.75) is 26.8 Å². The molecule has 0 heterocycles. The molecule has 22 heavy (non-hydrogen) atoms.